The van der Waals surface area contributed by atoms with Crippen molar-refractivity contribution in [1.82, 2.24) is 5.32 Å². The monoisotopic (exact) mass is 762 g/mol. The molecule has 0 aliphatic carbocycles. The van der Waals surface area contributed by atoms with Crippen molar-refractivity contribution in [2.24, 2.45) is 0 Å². The van der Waals surface area contributed by atoms with Crippen LogP contribution in [-0.2, 0) is 4.79 Å². The van der Waals surface area contributed by atoms with Crippen molar-refractivity contribution in [3.05, 3.63) is 97.2 Å². The molecule has 0 aromatic heterocycles. The van der Waals surface area contributed by atoms with Crippen molar-refractivity contribution in [3.8, 4) is 0 Å². The van der Waals surface area contributed by atoms with Crippen LogP contribution in [0.15, 0.2) is 97.2 Å². The molecule has 0 aromatic rings. The number of amides is 1. The van der Waals surface area contributed by atoms with Crippen LogP contribution in [0.25, 0.3) is 0 Å². The number of hydrogen-bond donors (Lipinski definition) is 3. The molecule has 1 amide bonds. The lowest BCUT2D eigenvalue weighted by Crippen LogP contribution is -2.45. The zero-order chi connectivity index (χ0) is 40.0. The first-order valence-electron chi connectivity index (χ1n) is 23.0. The molecule has 55 heavy (non-hydrogen) atoms. The summed E-state index contributed by atoms with van der Waals surface area (Å²) in [5, 5.41) is 22.9. The van der Waals surface area contributed by atoms with Gasteiger partial charge >= 0.3 is 0 Å². The van der Waals surface area contributed by atoms with Gasteiger partial charge in [-0.25, -0.2) is 0 Å². The molecule has 0 aliphatic rings. The SMILES string of the molecule is CC/C=C\C/C=C\C/C=C\C/C=C\C/C=C\CCCCCCCCCCCCCCCCCC(=O)NC(CO)C(O)/C=C/CC/C=C/CC/C=C/CCCC. The highest BCUT2D eigenvalue weighted by Crippen LogP contribution is 2.14. The Kier molecular flexibility index (Phi) is 43.5. The molecule has 2 unspecified atom stereocenters. The van der Waals surface area contributed by atoms with Crippen LogP contribution in [0.3, 0.4) is 0 Å². The molecule has 0 spiro atoms. The maximum absolute atomic E-state index is 12.4. The summed E-state index contributed by atoms with van der Waals surface area (Å²) in [6.45, 7) is 4.12. The zero-order valence-corrected chi connectivity index (χ0v) is 35.9. The van der Waals surface area contributed by atoms with Crippen LogP contribution in [0.1, 0.15) is 200 Å². The Morgan fingerprint density at radius 3 is 1.27 bits per heavy atom. The molecule has 314 valence electrons. The van der Waals surface area contributed by atoms with E-state index in [0.29, 0.717) is 6.42 Å². The molecule has 2 atom stereocenters. The van der Waals surface area contributed by atoms with E-state index in [0.717, 1.165) is 70.6 Å². The third kappa shape index (κ3) is 42.3. The van der Waals surface area contributed by atoms with Crippen molar-refractivity contribution >= 4 is 5.91 Å². The molecule has 0 radical (unpaired) electrons. The van der Waals surface area contributed by atoms with Gasteiger partial charge in [-0.3, -0.25) is 4.79 Å². The van der Waals surface area contributed by atoms with Gasteiger partial charge in [0, 0.05) is 6.42 Å². The van der Waals surface area contributed by atoms with E-state index in [4.69, 9.17) is 0 Å². The first-order valence-corrected chi connectivity index (χ1v) is 23.0. The van der Waals surface area contributed by atoms with Crippen molar-refractivity contribution in [3.63, 3.8) is 0 Å². The van der Waals surface area contributed by atoms with Crippen LogP contribution >= 0.6 is 0 Å². The smallest absolute Gasteiger partial charge is 0.220 e. The molecule has 0 heterocycles. The average Bonchev–Trinajstić information content (AvgIpc) is 3.19. The summed E-state index contributed by atoms with van der Waals surface area (Å²) in [6.07, 6.45) is 68.2. The van der Waals surface area contributed by atoms with E-state index in [2.05, 4.69) is 104 Å². The number of unbranched alkanes of at least 4 members (excludes halogenated alkanes) is 19. The highest BCUT2D eigenvalue weighted by molar-refractivity contribution is 5.76. The van der Waals surface area contributed by atoms with Gasteiger partial charge in [0.15, 0.2) is 0 Å². The summed E-state index contributed by atoms with van der Waals surface area (Å²) in [5.74, 6) is -0.0838. The standard InChI is InChI=1S/C51H87NO3/c1-3-5-7-9-11-13-15-17-18-19-20-21-22-23-24-25-26-27-28-29-30-31-32-33-34-35-37-39-41-43-45-47-51(55)52-49(48-53)50(54)46-44-42-40-38-36-16-14-12-10-8-6-4-2/h5,7,10-13,17-18,20-21,23-24,36,38,44,46,49-50,53-54H,3-4,6,8-9,14-16,19,22,25-35,37,39-43,45,47-48H2,1-2H3,(H,52,55)/b7-5-,12-10+,13-11-,18-17-,21-20-,24-23-,38-36+,46-44+. The van der Waals surface area contributed by atoms with Crippen LogP contribution in [0.2, 0.25) is 0 Å². The van der Waals surface area contributed by atoms with Crippen molar-refractivity contribution in [1.29, 1.82) is 0 Å². The van der Waals surface area contributed by atoms with Gasteiger partial charge in [-0.05, 0) is 83.5 Å². The van der Waals surface area contributed by atoms with E-state index in [1.54, 1.807) is 6.08 Å². The minimum absolute atomic E-state index is 0.0838. The quantitative estimate of drug-likeness (QED) is 0.0430. The lowest BCUT2D eigenvalue weighted by Gasteiger charge is -2.19. The normalized spacial score (nSPS) is 13.9. The van der Waals surface area contributed by atoms with E-state index in [-0.39, 0.29) is 12.5 Å². The van der Waals surface area contributed by atoms with Crippen molar-refractivity contribution < 1.29 is 15.0 Å². The Hall–Kier alpha value is -2.69. The number of hydrogen-bond acceptors (Lipinski definition) is 3. The molecule has 4 heteroatoms. The summed E-state index contributed by atoms with van der Waals surface area (Å²) in [6, 6.07) is -0.649. The van der Waals surface area contributed by atoms with Crippen LogP contribution in [-0.4, -0.2) is 34.9 Å². The zero-order valence-electron chi connectivity index (χ0n) is 35.9. The van der Waals surface area contributed by atoms with E-state index >= 15 is 0 Å². The first-order chi connectivity index (χ1) is 27.2. The lowest BCUT2D eigenvalue weighted by atomic mass is 10.0. The Morgan fingerprint density at radius 2 is 0.818 bits per heavy atom. The van der Waals surface area contributed by atoms with E-state index in [1.807, 2.05) is 6.08 Å². The van der Waals surface area contributed by atoms with E-state index < -0.39 is 12.1 Å². The maximum Gasteiger partial charge on any atom is 0.220 e. The molecule has 0 fully saturated rings. The highest BCUT2D eigenvalue weighted by atomic mass is 16.3. The molecule has 0 saturated carbocycles. The van der Waals surface area contributed by atoms with Crippen LogP contribution in [0.4, 0.5) is 0 Å². The van der Waals surface area contributed by atoms with Crippen molar-refractivity contribution in [2.45, 2.75) is 212 Å². The average molecular weight is 762 g/mol. The summed E-state index contributed by atoms with van der Waals surface area (Å²) >= 11 is 0. The fraction of sp³-hybridized carbons (Fsp3) is 0.667. The Morgan fingerprint density at radius 1 is 0.455 bits per heavy atom. The van der Waals surface area contributed by atoms with Crippen molar-refractivity contribution in [2.75, 3.05) is 6.61 Å². The number of aliphatic hydroxyl groups excluding tert-OH is 2. The number of allylic oxidation sites excluding steroid dienone is 15. The lowest BCUT2D eigenvalue weighted by molar-refractivity contribution is -0.123. The molecule has 0 rings (SSSR count). The molecule has 4 nitrogen and oxygen atoms in total. The molecular formula is C51H87NO3. The summed E-state index contributed by atoms with van der Waals surface area (Å²) in [4.78, 5) is 12.4. The highest BCUT2D eigenvalue weighted by Gasteiger charge is 2.17. The second-order valence-corrected chi connectivity index (χ2v) is 15.1. The Labute approximate surface area is 341 Å². The minimum Gasteiger partial charge on any atom is -0.394 e. The number of carbonyl (C=O) groups excluding carboxylic acids is 1. The van der Waals surface area contributed by atoms with Gasteiger partial charge in [-0.2, -0.15) is 0 Å². The summed E-state index contributed by atoms with van der Waals surface area (Å²) in [5.41, 5.74) is 0. The Bertz CT molecular complexity index is 1050. The third-order valence-electron chi connectivity index (χ3n) is 9.78. The van der Waals surface area contributed by atoms with Crippen LogP contribution < -0.4 is 5.32 Å². The van der Waals surface area contributed by atoms with E-state index in [1.165, 1.54) is 109 Å². The topological polar surface area (TPSA) is 69.6 Å². The maximum atomic E-state index is 12.4. The van der Waals surface area contributed by atoms with Gasteiger partial charge in [0.2, 0.25) is 5.91 Å². The van der Waals surface area contributed by atoms with Gasteiger partial charge in [-0.15, -0.1) is 0 Å². The fourth-order valence-electron chi connectivity index (χ4n) is 6.28. The molecule has 0 saturated heterocycles. The first kappa shape index (κ1) is 52.3. The van der Waals surface area contributed by atoms with Gasteiger partial charge in [-0.1, -0.05) is 207 Å². The largest absolute Gasteiger partial charge is 0.394 e. The summed E-state index contributed by atoms with van der Waals surface area (Å²) in [7, 11) is 0. The second kappa shape index (κ2) is 45.7. The van der Waals surface area contributed by atoms with E-state index in [9.17, 15) is 15.0 Å². The molecule has 0 aliphatic heterocycles. The number of aliphatic hydroxyl groups is 2. The number of nitrogens with one attached hydrogen (secondary N) is 1. The molecular weight excluding hydrogens is 675 g/mol. The van der Waals surface area contributed by atoms with Crippen LogP contribution in [0, 0.1) is 0 Å². The van der Waals surface area contributed by atoms with Gasteiger partial charge in [0.1, 0.15) is 0 Å². The molecule has 0 aromatic carbocycles. The molecule has 3 N–H and O–H groups in total. The molecule has 0 bridgehead atoms. The second-order valence-electron chi connectivity index (χ2n) is 15.1. The van der Waals surface area contributed by atoms with Gasteiger partial charge in [0.05, 0.1) is 18.8 Å². The Balaban J connectivity index is 3.55. The van der Waals surface area contributed by atoms with Crippen LogP contribution in [0.5, 0.6) is 0 Å². The number of carbonyl (C=O) groups is 1. The predicted molar refractivity (Wildman–Crippen MR) is 243 cm³/mol. The van der Waals surface area contributed by atoms with Gasteiger partial charge < -0.3 is 15.5 Å². The third-order valence-corrected chi connectivity index (χ3v) is 9.78. The summed E-state index contributed by atoms with van der Waals surface area (Å²) < 4.78 is 0. The predicted octanol–water partition coefficient (Wildman–Crippen LogP) is 14.6. The number of rotatable bonds is 40. The van der Waals surface area contributed by atoms with Gasteiger partial charge in [0.25, 0.3) is 0 Å². The minimum atomic E-state index is -0.873. The fourth-order valence-corrected chi connectivity index (χ4v) is 6.28.